The number of benzene rings is 1. The highest BCUT2D eigenvalue weighted by atomic mass is 35.5. The highest BCUT2D eigenvalue weighted by Gasteiger charge is 2.51. The largest absolute Gasteiger partial charge is 0.338 e. The maximum absolute atomic E-state index is 12.1. The van der Waals surface area contributed by atoms with E-state index in [1.54, 1.807) is 22.6 Å². The molecular formula is C17H20Cl2N4OS. The van der Waals surface area contributed by atoms with Crippen molar-refractivity contribution < 1.29 is 4.79 Å². The van der Waals surface area contributed by atoms with Crippen molar-refractivity contribution >= 4 is 46.7 Å². The first-order valence-corrected chi connectivity index (χ1v) is 9.80. The fraction of sp³-hybridized carbons (Fsp3) is 0.412. The molecule has 134 valence electrons. The van der Waals surface area contributed by atoms with Crippen molar-refractivity contribution in [1.29, 1.82) is 0 Å². The highest BCUT2D eigenvalue weighted by Crippen LogP contribution is 2.55. The van der Waals surface area contributed by atoms with Gasteiger partial charge in [0.2, 0.25) is 0 Å². The van der Waals surface area contributed by atoms with Gasteiger partial charge >= 0.3 is 6.03 Å². The van der Waals surface area contributed by atoms with Crippen molar-refractivity contribution in [2.45, 2.75) is 22.1 Å². The maximum atomic E-state index is 12.1. The number of para-hydroxylation sites is 1. The van der Waals surface area contributed by atoms with Crippen molar-refractivity contribution in [3.8, 4) is 0 Å². The lowest BCUT2D eigenvalue weighted by atomic mass is 10.2. The van der Waals surface area contributed by atoms with E-state index in [0.717, 1.165) is 34.7 Å². The highest BCUT2D eigenvalue weighted by molar-refractivity contribution is 7.99. The first kappa shape index (κ1) is 18.4. The second kappa shape index (κ2) is 7.89. The Bertz CT molecular complexity index is 750. The number of hydrogen-bond donors (Lipinski definition) is 2. The summed E-state index contributed by atoms with van der Waals surface area (Å²) in [5.41, 5.74) is 1.88. The summed E-state index contributed by atoms with van der Waals surface area (Å²) in [6.45, 7) is 0.552. The van der Waals surface area contributed by atoms with E-state index in [1.165, 1.54) is 0 Å². The fourth-order valence-corrected chi connectivity index (χ4v) is 4.37. The summed E-state index contributed by atoms with van der Waals surface area (Å²) >= 11 is 13.8. The summed E-state index contributed by atoms with van der Waals surface area (Å²) in [4.78, 5) is 13.1. The van der Waals surface area contributed by atoms with Crippen LogP contribution >= 0.6 is 35.0 Å². The van der Waals surface area contributed by atoms with Crippen molar-refractivity contribution in [2.75, 3.05) is 17.6 Å². The van der Waals surface area contributed by atoms with Crippen LogP contribution < -0.4 is 10.6 Å². The van der Waals surface area contributed by atoms with Gasteiger partial charge in [-0.05, 0) is 30.5 Å². The number of aromatic nitrogens is 2. The Morgan fingerprint density at radius 1 is 1.44 bits per heavy atom. The molecular weight excluding hydrogens is 379 g/mol. The van der Waals surface area contributed by atoms with Gasteiger partial charge in [-0.1, -0.05) is 12.1 Å². The number of rotatable bonds is 7. The lowest BCUT2D eigenvalue weighted by molar-refractivity contribution is 0.252. The van der Waals surface area contributed by atoms with Crippen LogP contribution in [0.1, 0.15) is 12.0 Å². The van der Waals surface area contributed by atoms with E-state index in [-0.39, 0.29) is 6.03 Å². The molecule has 25 heavy (non-hydrogen) atoms. The third-order valence-corrected chi connectivity index (χ3v) is 6.15. The molecule has 1 atom stereocenters. The van der Waals surface area contributed by atoms with Crippen LogP contribution in [0.5, 0.6) is 0 Å². The minimum absolute atomic E-state index is 0.215. The fourth-order valence-electron chi connectivity index (χ4n) is 2.42. The second-order valence-electron chi connectivity index (χ2n) is 6.12. The molecule has 1 heterocycles. The zero-order chi connectivity index (χ0) is 17.9. The van der Waals surface area contributed by atoms with Gasteiger partial charge in [-0.3, -0.25) is 4.68 Å². The molecule has 1 fully saturated rings. The predicted molar refractivity (Wildman–Crippen MR) is 104 cm³/mol. The van der Waals surface area contributed by atoms with Crippen LogP contribution in [0, 0.1) is 5.92 Å². The molecule has 1 aromatic heterocycles. The smallest absolute Gasteiger partial charge is 0.319 e. The molecule has 1 saturated carbocycles. The first-order chi connectivity index (χ1) is 11.9. The monoisotopic (exact) mass is 398 g/mol. The number of hydrogen-bond acceptors (Lipinski definition) is 3. The molecule has 1 aromatic carbocycles. The number of carbonyl (C=O) groups excluding carboxylic acids is 1. The van der Waals surface area contributed by atoms with Crippen LogP contribution in [0.4, 0.5) is 10.5 Å². The topological polar surface area (TPSA) is 59.0 Å². The van der Waals surface area contributed by atoms with Crippen molar-refractivity contribution in [1.82, 2.24) is 15.1 Å². The molecule has 0 spiro atoms. The number of halogens is 2. The summed E-state index contributed by atoms with van der Waals surface area (Å²) < 4.78 is 1.18. The van der Waals surface area contributed by atoms with E-state index in [1.807, 2.05) is 37.5 Å². The van der Waals surface area contributed by atoms with Gasteiger partial charge in [-0.2, -0.15) is 5.10 Å². The van der Waals surface area contributed by atoms with E-state index < -0.39 is 4.33 Å². The molecule has 3 rings (SSSR count). The molecule has 0 bridgehead atoms. The molecule has 2 amide bonds. The number of urea groups is 1. The summed E-state index contributed by atoms with van der Waals surface area (Å²) in [6, 6.07) is 7.52. The zero-order valence-corrected chi connectivity index (χ0v) is 16.2. The Morgan fingerprint density at radius 3 is 2.88 bits per heavy atom. The number of alkyl halides is 2. The molecule has 1 aliphatic carbocycles. The third kappa shape index (κ3) is 5.30. The van der Waals surface area contributed by atoms with Crippen LogP contribution in [-0.2, 0) is 13.5 Å². The third-order valence-electron chi connectivity index (χ3n) is 3.99. The number of nitrogens with zero attached hydrogens (tertiary/aromatic N) is 2. The van der Waals surface area contributed by atoms with Crippen LogP contribution in [-0.4, -0.2) is 32.4 Å². The summed E-state index contributed by atoms with van der Waals surface area (Å²) in [6.07, 6.45) is 5.31. The Hall–Kier alpha value is -1.37. The van der Waals surface area contributed by atoms with E-state index in [4.69, 9.17) is 23.2 Å². The van der Waals surface area contributed by atoms with Crippen LogP contribution in [0.25, 0.3) is 0 Å². The van der Waals surface area contributed by atoms with E-state index in [0.29, 0.717) is 12.5 Å². The van der Waals surface area contributed by atoms with E-state index in [9.17, 15) is 4.79 Å². The van der Waals surface area contributed by atoms with Gasteiger partial charge in [0.25, 0.3) is 0 Å². The number of carbonyl (C=O) groups is 1. The molecule has 0 saturated heterocycles. The van der Waals surface area contributed by atoms with E-state index >= 15 is 0 Å². The number of aryl methyl sites for hydroxylation is 1. The molecule has 5 nitrogen and oxygen atoms in total. The molecule has 0 aliphatic heterocycles. The van der Waals surface area contributed by atoms with Crippen LogP contribution in [0.2, 0.25) is 0 Å². The summed E-state index contributed by atoms with van der Waals surface area (Å²) in [5, 5.41) is 9.89. The zero-order valence-electron chi connectivity index (χ0n) is 13.8. The molecule has 1 aliphatic rings. The van der Waals surface area contributed by atoms with Gasteiger partial charge in [0.05, 0.1) is 11.9 Å². The van der Waals surface area contributed by atoms with Gasteiger partial charge in [0.15, 0.2) is 0 Å². The number of anilines is 1. The molecule has 8 heteroatoms. The Balaban J connectivity index is 1.47. The Kier molecular flexibility index (Phi) is 5.81. The number of amides is 2. The number of nitrogens with one attached hydrogen (secondary N) is 2. The van der Waals surface area contributed by atoms with Gasteiger partial charge in [-0.25, -0.2) is 4.79 Å². The van der Waals surface area contributed by atoms with Gasteiger partial charge in [0, 0.05) is 36.4 Å². The van der Waals surface area contributed by atoms with Crippen molar-refractivity contribution in [3.63, 3.8) is 0 Å². The number of thioether (sulfide) groups is 1. The lowest BCUT2D eigenvalue weighted by Crippen LogP contribution is -2.30. The minimum atomic E-state index is -0.570. The predicted octanol–water partition coefficient (Wildman–Crippen LogP) is 4.07. The molecule has 2 N–H and O–H groups in total. The molecule has 2 aromatic rings. The van der Waals surface area contributed by atoms with Gasteiger partial charge in [0.1, 0.15) is 4.33 Å². The first-order valence-electron chi connectivity index (χ1n) is 8.06. The van der Waals surface area contributed by atoms with Crippen molar-refractivity contribution in [3.05, 3.63) is 42.2 Å². The van der Waals surface area contributed by atoms with Crippen LogP contribution in [0.3, 0.4) is 0 Å². The van der Waals surface area contributed by atoms with Crippen LogP contribution in [0.15, 0.2) is 41.6 Å². The van der Waals surface area contributed by atoms with Gasteiger partial charge < -0.3 is 10.6 Å². The normalized spacial score (nSPS) is 18.0. The SMILES string of the molecule is Cn1cc(CCNC(=O)Nc2ccccc2SCC2CC2(Cl)Cl)cn1. The van der Waals surface area contributed by atoms with E-state index in [2.05, 4.69) is 15.7 Å². The van der Waals surface area contributed by atoms with Crippen molar-refractivity contribution in [2.24, 2.45) is 13.0 Å². The standard InChI is InChI=1S/C17H20Cl2N4OS/c1-23-10-12(9-21-23)6-7-20-16(24)22-14-4-2-3-5-15(14)25-11-13-8-17(13,18)19/h2-5,9-10,13H,6-8,11H2,1H3,(H2,20,22,24). The molecule has 0 radical (unpaired) electrons. The molecule has 1 unspecified atom stereocenters. The van der Waals surface area contributed by atoms with Gasteiger partial charge in [-0.15, -0.1) is 35.0 Å². The maximum Gasteiger partial charge on any atom is 0.319 e. The summed E-state index contributed by atoms with van der Waals surface area (Å²) in [7, 11) is 1.87. The second-order valence-corrected chi connectivity index (χ2v) is 8.73. The summed E-state index contributed by atoms with van der Waals surface area (Å²) in [5.74, 6) is 1.15. The Morgan fingerprint density at radius 2 is 2.20 bits per heavy atom. The minimum Gasteiger partial charge on any atom is -0.338 e. The Labute approximate surface area is 161 Å². The quantitative estimate of drug-likeness (QED) is 0.545. The lowest BCUT2D eigenvalue weighted by Gasteiger charge is -2.11. The average molecular weight is 399 g/mol. The average Bonchev–Trinajstić information content (AvgIpc) is 2.96.